The minimum Gasteiger partial charge on any atom is -0.493 e. The van der Waals surface area contributed by atoms with Gasteiger partial charge < -0.3 is 23.7 Å². The van der Waals surface area contributed by atoms with Gasteiger partial charge >= 0.3 is 11.9 Å². The van der Waals surface area contributed by atoms with Crippen molar-refractivity contribution in [2.75, 3.05) is 20.8 Å². The number of fused-ring (bicyclic) bond motifs is 1. The van der Waals surface area contributed by atoms with Gasteiger partial charge in [-0.1, -0.05) is 48.5 Å². The van der Waals surface area contributed by atoms with Crippen molar-refractivity contribution in [1.29, 1.82) is 0 Å². The summed E-state index contributed by atoms with van der Waals surface area (Å²) in [4.78, 5) is 23.2. The second kappa shape index (κ2) is 11.4. The van der Waals surface area contributed by atoms with Crippen LogP contribution in [0.25, 0.3) is 10.8 Å². The van der Waals surface area contributed by atoms with E-state index in [1.54, 1.807) is 18.2 Å². The summed E-state index contributed by atoms with van der Waals surface area (Å²) in [5, 5.41) is 0.948. The molecule has 0 saturated heterocycles. The van der Waals surface area contributed by atoms with E-state index in [9.17, 15) is 9.59 Å². The number of carbonyl (C=O) groups excluding carboxylic acids is 2. The summed E-state index contributed by atoms with van der Waals surface area (Å²) >= 11 is 0. The molecule has 0 aliphatic heterocycles. The Hall–Kier alpha value is -3.74. The summed E-state index contributed by atoms with van der Waals surface area (Å²) in [5.41, 5.74) is 0. The van der Waals surface area contributed by atoms with Gasteiger partial charge in [-0.3, -0.25) is 9.59 Å². The average Bonchev–Trinajstić information content (AvgIpc) is 2.76. The van der Waals surface area contributed by atoms with Crippen LogP contribution in [-0.4, -0.2) is 32.8 Å². The predicted octanol–water partition coefficient (Wildman–Crippen LogP) is 4.79. The molecule has 0 atom stereocenters. The number of esters is 2. The standard InChI is InChI=1S/C18H20O7.C6H6/c1-6-23-13-9-7-8-12-14(13)16(25-11(3)20)18(22-5)17(21-4)15(12)24-10(2)19;1-2-4-6-5-3-1/h7-9H,6H2,1-5H3;1-6H. The molecule has 0 amide bonds. The summed E-state index contributed by atoms with van der Waals surface area (Å²) in [6.45, 7) is 4.79. The maximum absolute atomic E-state index is 11.6. The van der Waals surface area contributed by atoms with Crippen LogP contribution >= 0.6 is 0 Å². The molecule has 0 aliphatic carbocycles. The Labute approximate surface area is 181 Å². The number of hydrogen-bond acceptors (Lipinski definition) is 7. The van der Waals surface area contributed by atoms with Crippen molar-refractivity contribution < 1.29 is 33.3 Å². The normalized spacial score (nSPS) is 9.84. The van der Waals surface area contributed by atoms with Gasteiger partial charge in [-0.2, -0.15) is 0 Å². The minimum atomic E-state index is -0.534. The maximum atomic E-state index is 11.6. The van der Waals surface area contributed by atoms with E-state index >= 15 is 0 Å². The second-order valence-electron chi connectivity index (χ2n) is 6.18. The van der Waals surface area contributed by atoms with Crippen LogP contribution in [0.5, 0.6) is 28.7 Å². The fourth-order valence-corrected chi connectivity index (χ4v) is 2.91. The Bertz CT molecular complexity index is 1000. The summed E-state index contributed by atoms with van der Waals surface area (Å²) in [5.74, 6) is -0.00712. The molecule has 164 valence electrons. The molecule has 0 fully saturated rings. The monoisotopic (exact) mass is 426 g/mol. The second-order valence-corrected chi connectivity index (χ2v) is 6.18. The third kappa shape index (κ3) is 5.88. The smallest absolute Gasteiger partial charge is 0.308 e. The molecule has 7 nitrogen and oxygen atoms in total. The zero-order chi connectivity index (χ0) is 22.8. The molecule has 0 aromatic heterocycles. The first kappa shape index (κ1) is 23.5. The van der Waals surface area contributed by atoms with Crippen molar-refractivity contribution in [3.05, 3.63) is 54.6 Å². The lowest BCUT2D eigenvalue weighted by molar-refractivity contribution is -0.133. The van der Waals surface area contributed by atoms with Crippen LogP contribution < -0.4 is 23.7 Å². The van der Waals surface area contributed by atoms with Gasteiger partial charge in [0, 0.05) is 19.2 Å². The molecule has 0 radical (unpaired) electrons. The van der Waals surface area contributed by atoms with E-state index in [-0.39, 0.29) is 23.0 Å². The van der Waals surface area contributed by atoms with Crippen LogP contribution in [0.3, 0.4) is 0 Å². The van der Waals surface area contributed by atoms with E-state index in [0.29, 0.717) is 23.1 Å². The summed E-state index contributed by atoms with van der Waals surface area (Å²) in [6, 6.07) is 17.2. The van der Waals surface area contributed by atoms with Gasteiger partial charge in [0.25, 0.3) is 0 Å². The molecule has 3 rings (SSSR count). The van der Waals surface area contributed by atoms with Crippen LogP contribution in [0, 0.1) is 0 Å². The molecular weight excluding hydrogens is 400 g/mol. The fraction of sp³-hybridized carbons (Fsp3) is 0.250. The number of carbonyl (C=O) groups is 2. The number of ether oxygens (including phenoxy) is 5. The Morgan fingerprint density at radius 1 is 0.710 bits per heavy atom. The molecule has 0 unspecified atom stereocenters. The minimum absolute atomic E-state index is 0.133. The molecule has 7 heteroatoms. The van der Waals surface area contributed by atoms with Crippen LogP contribution in [-0.2, 0) is 9.59 Å². The van der Waals surface area contributed by atoms with Gasteiger partial charge in [-0.05, 0) is 13.0 Å². The third-order valence-corrected chi connectivity index (χ3v) is 3.98. The van der Waals surface area contributed by atoms with Crippen molar-refractivity contribution in [1.82, 2.24) is 0 Å². The van der Waals surface area contributed by atoms with Gasteiger partial charge in [-0.15, -0.1) is 0 Å². The molecule has 0 aliphatic rings. The lowest BCUT2D eigenvalue weighted by Crippen LogP contribution is -2.09. The molecule has 0 N–H and O–H groups in total. The van der Waals surface area contributed by atoms with E-state index < -0.39 is 11.9 Å². The zero-order valence-electron chi connectivity index (χ0n) is 18.3. The molecule has 3 aromatic rings. The van der Waals surface area contributed by atoms with E-state index in [1.807, 2.05) is 43.3 Å². The van der Waals surface area contributed by atoms with E-state index in [2.05, 4.69) is 0 Å². The topological polar surface area (TPSA) is 80.3 Å². The molecule has 0 heterocycles. The number of hydrogen-bond donors (Lipinski definition) is 0. The molecule has 0 bridgehead atoms. The highest BCUT2D eigenvalue weighted by Crippen LogP contribution is 2.53. The molecular formula is C24H26O7. The van der Waals surface area contributed by atoms with E-state index in [4.69, 9.17) is 23.7 Å². The van der Waals surface area contributed by atoms with Crippen molar-refractivity contribution in [3.8, 4) is 28.7 Å². The van der Waals surface area contributed by atoms with Crippen LogP contribution in [0.15, 0.2) is 54.6 Å². The molecule has 3 aromatic carbocycles. The SMILES string of the molecule is CCOc1cccc2c(OC(C)=O)c(OC)c(OC)c(OC(C)=O)c12.c1ccccc1. The number of rotatable bonds is 6. The average molecular weight is 426 g/mol. The Morgan fingerprint density at radius 3 is 1.65 bits per heavy atom. The highest BCUT2D eigenvalue weighted by molar-refractivity contribution is 6.04. The molecule has 0 saturated carbocycles. The van der Waals surface area contributed by atoms with E-state index in [0.717, 1.165) is 0 Å². The van der Waals surface area contributed by atoms with Gasteiger partial charge in [0.05, 0.1) is 26.2 Å². The first-order valence-electron chi connectivity index (χ1n) is 9.64. The quantitative estimate of drug-likeness (QED) is 0.414. The van der Waals surface area contributed by atoms with Crippen LogP contribution in [0.4, 0.5) is 0 Å². The molecule has 31 heavy (non-hydrogen) atoms. The van der Waals surface area contributed by atoms with Gasteiger partial charge in [0.1, 0.15) is 5.75 Å². The zero-order valence-corrected chi connectivity index (χ0v) is 18.3. The number of methoxy groups -OCH3 is 2. The Morgan fingerprint density at radius 2 is 1.19 bits per heavy atom. The predicted molar refractivity (Wildman–Crippen MR) is 117 cm³/mol. The van der Waals surface area contributed by atoms with Gasteiger partial charge in [0.15, 0.2) is 11.5 Å². The Kier molecular flexibility index (Phi) is 8.69. The van der Waals surface area contributed by atoms with Crippen LogP contribution in [0.1, 0.15) is 20.8 Å². The highest BCUT2D eigenvalue weighted by atomic mass is 16.6. The van der Waals surface area contributed by atoms with Crippen molar-refractivity contribution in [2.24, 2.45) is 0 Å². The highest BCUT2D eigenvalue weighted by Gasteiger charge is 2.27. The van der Waals surface area contributed by atoms with Gasteiger partial charge in [0.2, 0.25) is 11.5 Å². The van der Waals surface area contributed by atoms with E-state index in [1.165, 1.54) is 28.1 Å². The van der Waals surface area contributed by atoms with Crippen molar-refractivity contribution in [2.45, 2.75) is 20.8 Å². The number of benzene rings is 3. The fourth-order valence-electron chi connectivity index (χ4n) is 2.91. The third-order valence-electron chi connectivity index (χ3n) is 3.98. The first-order chi connectivity index (χ1) is 14.9. The lowest BCUT2D eigenvalue weighted by atomic mass is 10.1. The van der Waals surface area contributed by atoms with Gasteiger partial charge in [-0.25, -0.2) is 0 Å². The summed E-state index contributed by atoms with van der Waals surface area (Å²) in [6.07, 6.45) is 0. The summed E-state index contributed by atoms with van der Waals surface area (Å²) in [7, 11) is 2.80. The maximum Gasteiger partial charge on any atom is 0.308 e. The lowest BCUT2D eigenvalue weighted by Gasteiger charge is -2.20. The van der Waals surface area contributed by atoms with Crippen molar-refractivity contribution >= 4 is 22.7 Å². The van der Waals surface area contributed by atoms with Crippen molar-refractivity contribution in [3.63, 3.8) is 0 Å². The van der Waals surface area contributed by atoms with Crippen LogP contribution in [0.2, 0.25) is 0 Å². The Balaban J connectivity index is 0.000000488. The largest absolute Gasteiger partial charge is 0.493 e. The summed E-state index contributed by atoms with van der Waals surface area (Å²) < 4.78 is 27.1. The molecule has 0 spiro atoms. The first-order valence-corrected chi connectivity index (χ1v) is 9.64.